The quantitative estimate of drug-likeness (QED) is 0.483. The van der Waals surface area contributed by atoms with E-state index in [0.717, 1.165) is 24.9 Å². The molecule has 31 heavy (non-hydrogen) atoms. The number of aliphatic hydroxyl groups is 1. The van der Waals surface area contributed by atoms with Crippen molar-refractivity contribution < 1.29 is 5.11 Å². The van der Waals surface area contributed by atoms with Crippen molar-refractivity contribution in [2.75, 3.05) is 13.1 Å². The van der Waals surface area contributed by atoms with Gasteiger partial charge in [0.25, 0.3) is 0 Å². The van der Waals surface area contributed by atoms with Gasteiger partial charge >= 0.3 is 0 Å². The summed E-state index contributed by atoms with van der Waals surface area (Å²) in [5, 5.41) is 19.4. The summed E-state index contributed by atoms with van der Waals surface area (Å²) >= 11 is 6.32. The number of fused-ring (bicyclic) bond motifs is 1. The van der Waals surface area contributed by atoms with Gasteiger partial charge in [-0.3, -0.25) is 4.90 Å². The van der Waals surface area contributed by atoms with Crippen molar-refractivity contribution in [2.45, 2.75) is 115 Å². The molecule has 0 aromatic carbocycles. The molecule has 0 aromatic rings. The lowest BCUT2D eigenvalue weighted by atomic mass is 9.75. The number of piperidine rings is 1. The molecule has 0 aromatic heterocycles. The summed E-state index contributed by atoms with van der Waals surface area (Å²) in [5.41, 5.74) is 1.35. The molecule has 2 saturated carbocycles. The molecule has 2 heterocycles. The van der Waals surface area contributed by atoms with Crippen molar-refractivity contribution in [1.29, 1.82) is 0 Å². The summed E-state index contributed by atoms with van der Waals surface area (Å²) in [7, 11) is 0. The minimum Gasteiger partial charge on any atom is -0.384 e. The first-order chi connectivity index (χ1) is 14.9. The Kier molecular flexibility index (Phi) is 8.28. The van der Waals surface area contributed by atoms with E-state index < -0.39 is 6.23 Å². The lowest BCUT2D eigenvalue weighted by Gasteiger charge is -2.43. The first-order valence-corrected chi connectivity index (χ1v) is 13.7. The maximum absolute atomic E-state index is 11.3. The molecule has 0 spiro atoms. The average Bonchev–Trinajstić information content (AvgIpc) is 3.22. The number of likely N-dealkylation sites (tertiary alicyclic amines) is 1. The number of halogens is 1. The Morgan fingerprint density at radius 2 is 1.61 bits per heavy atom. The van der Waals surface area contributed by atoms with Gasteiger partial charge in [-0.05, 0) is 82.0 Å². The molecular weight excluding hydrogens is 406 g/mol. The monoisotopic (exact) mass is 451 g/mol. The maximum Gasteiger partial charge on any atom is 0.123 e. The molecule has 4 rings (SSSR count). The highest BCUT2D eigenvalue weighted by Gasteiger charge is 2.36. The second kappa shape index (κ2) is 10.8. The van der Waals surface area contributed by atoms with Crippen LogP contribution < -0.4 is 10.6 Å². The van der Waals surface area contributed by atoms with Crippen LogP contribution in [0.2, 0.25) is 0 Å². The predicted octanol–water partition coefficient (Wildman–Crippen LogP) is 4.86. The van der Waals surface area contributed by atoms with Gasteiger partial charge in [-0.25, -0.2) is 0 Å². The molecule has 1 saturated heterocycles. The summed E-state index contributed by atoms with van der Waals surface area (Å²) in [6, 6.07) is 0.989. The second-order valence-electron chi connectivity index (χ2n) is 11.3. The van der Waals surface area contributed by atoms with Crippen LogP contribution in [-0.4, -0.2) is 52.8 Å². The highest BCUT2D eigenvalue weighted by Crippen LogP contribution is 2.38. The van der Waals surface area contributed by atoms with E-state index in [0.29, 0.717) is 23.3 Å². The number of nitrogens with one attached hydrogen (secondary N) is 2. The number of alkyl halides is 1. The van der Waals surface area contributed by atoms with Crippen LogP contribution >= 0.6 is 11.6 Å². The van der Waals surface area contributed by atoms with Gasteiger partial charge in [0.2, 0.25) is 0 Å². The van der Waals surface area contributed by atoms with E-state index in [9.17, 15) is 5.11 Å². The van der Waals surface area contributed by atoms with Crippen molar-refractivity contribution in [2.24, 2.45) is 23.7 Å². The molecule has 2 aliphatic heterocycles. The SMILES string of the molecule is CC(N[C@H](C(C)C)C(O)N1CCC(C2CCC(Cl)CC2)CC1)C1=CC2CCCCC2N1. The molecule has 3 fully saturated rings. The largest absolute Gasteiger partial charge is 0.384 e. The van der Waals surface area contributed by atoms with Crippen LogP contribution in [-0.2, 0) is 0 Å². The number of hydrogen-bond donors (Lipinski definition) is 3. The van der Waals surface area contributed by atoms with E-state index >= 15 is 0 Å². The summed E-state index contributed by atoms with van der Waals surface area (Å²) in [6.07, 6.45) is 14.9. The zero-order chi connectivity index (χ0) is 22.0. The third-order valence-electron chi connectivity index (χ3n) is 8.83. The number of nitrogens with zero attached hydrogens (tertiary/aromatic N) is 1. The zero-order valence-corrected chi connectivity index (χ0v) is 20.8. The summed E-state index contributed by atoms with van der Waals surface area (Å²) in [5.74, 6) is 2.78. The van der Waals surface area contributed by atoms with Gasteiger partial charge in [-0.1, -0.05) is 32.8 Å². The highest BCUT2D eigenvalue weighted by atomic mass is 35.5. The van der Waals surface area contributed by atoms with E-state index in [2.05, 4.69) is 42.4 Å². The minimum absolute atomic E-state index is 0.0866. The van der Waals surface area contributed by atoms with Crippen LogP contribution in [0.15, 0.2) is 11.8 Å². The number of aliphatic hydroxyl groups excluding tert-OH is 1. The van der Waals surface area contributed by atoms with Crippen LogP contribution in [0.5, 0.6) is 0 Å². The van der Waals surface area contributed by atoms with Gasteiger partial charge in [0.1, 0.15) is 6.23 Å². The van der Waals surface area contributed by atoms with Gasteiger partial charge in [0.05, 0.1) is 0 Å². The van der Waals surface area contributed by atoms with Crippen molar-refractivity contribution in [3.05, 3.63) is 11.8 Å². The van der Waals surface area contributed by atoms with Crippen LogP contribution in [0.4, 0.5) is 0 Å². The van der Waals surface area contributed by atoms with E-state index in [4.69, 9.17) is 11.6 Å². The normalized spacial score (nSPS) is 35.9. The molecule has 4 unspecified atom stereocenters. The van der Waals surface area contributed by atoms with Gasteiger partial charge in [0, 0.05) is 42.3 Å². The zero-order valence-electron chi connectivity index (χ0n) is 20.0. The molecule has 4 aliphatic rings. The van der Waals surface area contributed by atoms with Crippen LogP contribution in [0, 0.1) is 23.7 Å². The Morgan fingerprint density at radius 1 is 0.968 bits per heavy atom. The summed E-state index contributed by atoms with van der Waals surface area (Å²) in [6.45, 7) is 8.79. The molecule has 2 aliphatic carbocycles. The smallest absolute Gasteiger partial charge is 0.123 e. The van der Waals surface area contributed by atoms with Crippen LogP contribution in [0.1, 0.15) is 85.0 Å². The number of hydrogen-bond acceptors (Lipinski definition) is 4. The molecule has 5 atom stereocenters. The fourth-order valence-corrected chi connectivity index (χ4v) is 6.99. The fraction of sp³-hybridized carbons (Fsp3) is 0.923. The molecule has 0 amide bonds. The standard InChI is InChI=1S/C26H46ClN3O/c1-17(2)25(28-18(3)24-16-21-6-4-5-7-23(21)29-24)26(31)30-14-12-20(13-15-30)19-8-10-22(27)11-9-19/h16-23,25-26,28-29,31H,4-15H2,1-3H3/t18?,19?,21?,22?,23?,25-,26?/m1/s1. The number of rotatable bonds is 7. The van der Waals surface area contributed by atoms with Gasteiger partial charge in [0.15, 0.2) is 0 Å². The van der Waals surface area contributed by atoms with Crippen LogP contribution in [0.25, 0.3) is 0 Å². The Balaban J connectivity index is 1.29. The van der Waals surface area contributed by atoms with Gasteiger partial charge in [-0.2, -0.15) is 0 Å². The van der Waals surface area contributed by atoms with E-state index in [1.54, 1.807) is 0 Å². The third kappa shape index (κ3) is 5.80. The Labute approximate surface area is 195 Å². The molecule has 178 valence electrons. The second-order valence-corrected chi connectivity index (χ2v) is 11.9. The van der Waals surface area contributed by atoms with E-state index in [-0.39, 0.29) is 12.1 Å². The predicted molar refractivity (Wildman–Crippen MR) is 130 cm³/mol. The minimum atomic E-state index is -0.411. The van der Waals surface area contributed by atoms with Gasteiger partial charge < -0.3 is 15.7 Å². The van der Waals surface area contributed by atoms with E-state index in [1.165, 1.54) is 69.9 Å². The summed E-state index contributed by atoms with van der Waals surface area (Å²) in [4.78, 5) is 2.34. The molecule has 5 heteroatoms. The molecule has 3 N–H and O–H groups in total. The average molecular weight is 452 g/mol. The molecule has 4 nitrogen and oxygen atoms in total. The third-order valence-corrected chi connectivity index (χ3v) is 9.27. The fourth-order valence-electron chi connectivity index (χ4n) is 6.73. The molecule has 0 bridgehead atoms. The van der Waals surface area contributed by atoms with Crippen molar-refractivity contribution in [3.63, 3.8) is 0 Å². The first-order valence-electron chi connectivity index (χ1n) is 13.2. The topological polar surface area (TPSA) is 47.5 Å². The Morgan fingerprint density at radius 3 is 2.26 bits per heavy atom. The van der Waals surface area contributed by atoms with E-state index in [1.807, 2.05) is 0 Å². The maximum atomic E-state index is 11.3. The lowest BCUT2D eigenvalue weighted by molar-refractivity contribution is -0.0575. The first kappa shape index (κ1) is 23.9. The van der Waals surface area contributed by atoms with Crippen molar-refractivity contribution >= 4 is 11.6 Å². The molecule has 0 radical (unpaired) electrons. The van der Waals surface area contributed by atoms with Crippen LogP contribution in [0.3, 0.4) is 0 Å². The summed E-state index contributed by atoms with van der Waals surface area (Å²) < 4.78 is 0. The van der Waals surface area contributed by atoms with Crippen molar-refractivity contribution in [1.82, 2.24) is 15.5 Å². The lowest BCUT2D eigenvalue weighted by Crippen LogP contribution is -2.57. The van der Waals surface area contributed by atoms with Gasteiger partial charge in [-0.15, -0.1) is 11.6 Å². The Hall–Kier alpha value is -0.290. The Bertz CT molecular complexity index is 595. The van der Waals surface area contributed by atoms with Crippen molar-refractivity contribution in [3.8, 4) is 0 Å². The molecular formula is C26H46ClN3O. The highest BCUT2D eigenvalue weighted by molar-refractivity contribution is 6.20.